The first-order valence-electron chi connectivity index (χ1n) is 8.03. The van der Waals surface area contributed by atoms with Crippen LogP contribution in [-0.2, 0) is 6.54 Å². The van der Waals surface area contributed by atoms with Gasteiger partial charge in [0.25, 0.3) is 0 Å². The zero-order chi connectivity index (χ0) is 14.7. The normalized spacial score (nSPS) is 16.3. The fourth-order valence-electron chi connectivity index (χ4n) is 3.39. The van der Waals surface area contributed by atoms with Gasteiger partial charge in [-0.1, -0.05) is 25.7 Å². The van der Waals surface area contributed by atoms with E-state index in [1.54, 1.807) is 6.07 Å². The van der Waals surface area contributed by atoms with Gasteiger partial charge in [-0.15, -0.1) is 0 Å². The van der Waals surface area contributed by atoms with E-state index >= 15 is 0 Å². The van der Waals surface area contributed by atoms with E-state index in [9.17, 15) is 4.39 Å². The number of benzene rings is 1. The first kappa shape index (κ1) is 14.5. The summed E-state index contributed by atoms with van der Waals surface area (Å²) in [4.78, 5) is 10.0. The molecule has 0 atom stereocenters. The van der Waals surface area contributed by atoms with E-state index in [-0.39, 0.29) is 5.82 Å². The first-order valence-corrected chi connectivity index (χ1v) is 8.03. The number of aromatic amines is 1. The van der Waals surface area contributed by atoms with Crippen molar-refractivity contribution in [2.45, 2.75) is 45.1 Å². The molecule has 1 N–H and O–H groups in total. The number of hydrogen-bond donors (Lipinski definition) is 1. The highest BCUT2D eigenvalue weighted by atomic mass is 19.1. The second kappa shape index (κ2) is 6.56. The number of nitrogens with zero attached hydrogens (tertiary/aromatic N) is 2. The average molecular weight is 289 g/mol. The van der Waals surface area contributed by atoms with Gasteiger partial charge in [0.15, 0.2) is 0 Å². The molecule has 0 saturated heterocycles. The van der Waals surface area contributed by atoms with E-state index in [4.69, 9.17) is 0 Å². The molecule has 0 unspecified atom stereocenters. The molecule has 1 aromatic carbocycles. The van der Waals surface area contributed by atoms with Crippen molar-refractivity contribution in [3.8, 4) is 0 Å². The second-order valence-electron chi connectivity index (χ2n) is 6.38. The Labute approximate surface area is 125 Å². The van der Waals surface area contributed by atoms with Crippen LogP contribution in [0, 0.1) is 11.7 Å². The van der Waals surface area contributed by atoms with Crippen LogP contribution in [0.1, 0.15) is 44.3 Å². The highest BCUT2D eigenvalue weighted by molar-refractivity contribution is 5.74. The van der Waals surface area contributed by atoms with Crippen molar-refractivity contribution in [3.05, 3.63) is 29.8 Å². The van der Waals surface area contributed by atoms with E-state index in [2.05, 4.69) is 21.9 Å². The van der Waals surface area contributed by atoms with Gasteiger partial charge in [-0.2, -0.15) is 0 Å². The lowest BCUT2D eigenvalue weighted by Gasteiger charge is -2.16. The standard InChI is InChI=1S/C17H24FN3/c1-21(10-4-7-13-5-2-3-6-13)12-17-19-15-9-8-14(18)11-16(15)20-17/h8-9,11,13H,2-7,10,12H2,1H3,(H,19,20). The Morgan fingerprint density at radius 3 is 2.95 bits per heavy atom. The fraction of sp³-hybridized carbons (Fsp3) is 0.588. The van der Waals surface area contributed by atoms with Gasteiger partial charge in [0, 0.05) is 0 Å². The SMILES string of the molecule is CN(CCCC1CCCC1)Cc1nc2ccc(F)cc2[nH]1. The molecule has 1 heterocycles. The van der Waals surface area contributed by atoms with Crippen molar-refractivity contribution in [3.63, 3.8) is 0 Å². The summed E-state index contributed by atoms with van der Waals surface area (Å²) in [6.45, 7) is 1.89. The zero-order valence-electron chi connectivity index (χ0n) is 12.7. The van der Waals surface area contributed by atoms with Crippen LogP contribution >= 0.6 is 0 Å². The Hall–Kier alpha value is -1.42. The van der Waals surface area contributed by atoms with Crippen LogP contribution in [0.15, 0.2) is 18.2 Å². The highest BCUT2D eigenvalue weighted by Crippen LogP contribution is 2.28. The van der Waals surface area contributed by atoms with E-state index in [0.29, 0.717) is 0 Å². The van der Waals surface area contributed by atoms with E-state index in [1.807, 2.05) is 0 Å². The topological polar surface area (TPSA) is 31.9 Å². The number of aromatic nitrogens is 2. The van der Waals surface area contributed by atoms with Crippen LogP contribution in [0.2, 0.25) is 0 Å². The Balaban J connectivity index is 1.49. The smallest absolute Gasteiger partial charge is 0.125 e. The van der Waals surface area contributed by atoms with Crippen LogP contribution in [0.25, 0.3) is 11.0 Å². The molecule has 114 valence electrons. The molecule has 0 aliphatic heterocycles. The maximum Gasteiger partial charge on any atom is 0.125 e. The molecule has 0 radical (unpaired) electrons. The van der Waals surface area contributed by atoms with Crippen LogP contribution < -0.4 is 0 Å². The third-order valence-corrected chi connectivity index (χ3v) is 4.54. The molecule has 1 aromatic heterocycles. The lowest BCUT2D eigenvalue weighted by atomic mass is 10.0. The molecule has 3 rings (SSSR count). The molecule has 2 aromatic rings. The molecule has 4 heteroatoms. The summed E-state index contributed by atoms with van der Waals surface area (Å²) in [5, 5.41) is 0. The molecule has 1 fully saturated rings. The van der Waals surface area contributed by atoms with Gasteiger partial charge in [0.1, 0.15) is 11.6 Å². The molecule has 3 nitrogen and oxygen atoms in total. The predicted octanol–water partition coefficient (Wildman–Crippen LogP) is 4.10. The Kier molecular flexibility index (Phi) is 4.54. The lowest BCUT2D eigenvalue weighted by molar-refractivity contribution is 0.300. The lowest BCUT2D eigenvalue weighted by Crippen LogP contribution is -2.20. The van der Waals surface area contributed by atoms with Crippen molar-refractivity contribution >= 4 is 11.0 Å². The number of hydrogen-bond acceptors (Lipinski definition) is 2. The number of rotatable bonds is 6. The maximum atomic E-state index is 13.2. The molecular weight excluding hydrogens is 265 g/mol. The number of fused-ring (bicyclic) bond motifs is 1. The van der Waals surface area contributed by atoms with Crippen molar-refractivity contribution < 1.29 is 4.39 Å². The second-order valence-corrected chi connectivity index (χ2v) is 6.38. The van der Waals surface area contributed by atoms with Crippen LogP contribution in [0.4, 0.5) is 4.39 Å². The molecule has 0 bridgehead atoms. The average Bonchev–Trinajstić information content (AvgIpc) is 3.07. The molecular formula is C17H24FN3. The third-order valence-electron chi connectivity index (χ3n) is 4.54. The summed E-state index contributed by atoms with van der Waals surface area (Å²) in [5.74, 6) is 1.66. The maximum absolute atomic E-state index is 13.2. The molecule has 0 spiro atoms. The Morgan fingerprint density at radius 1 is 1.33 bits per heavy atom. The van der Waals surface area contributed by atoms with E-state index in [1.165, 1.54) is 50.7 Å². The Morgan fingerprint density at radius 2 is 2.14 bits per heavy atom. The van der Waals surface area contributed by atoms with E-state index in [0.717, 1.165) is 35.9 Å². The summed E-state index contributed by atoms with van der Waals surface area (Å²) < 4.78 is 13.2. The van der Waals surface area contributed by atoms with Crippen LogP contribution in [0.3, 0.4) is 0 Å². The molecule has 1 aliphatic carbocycles. The van der Waals surface area contributed by atoms with Crippen molar-refractivity contribution in [2.75, 3.05) is 13.6 Å². The molecule has 21 heavy (non-hydrogen) atoms. The summed E-state index contributed by atoms with van der Waals surface area (Å²) >= 11 is 0. The number of H-pyrrole nitrogens is 1. The highest BCUT2D eigenvalue weighted by Gasteiger charge is 2.14. The Bertz CT molecular complexity index is 587. The van der Waals surface area contributed by atoms with Gasteiger partial charge in [-0.25, -0.2) is 9.37 Å². The fourth-order valence-corrected chi connectivity index (χ4v) is 3.39. The summed E-state index contributed by atoms with van der Waals surface area (Å²) in [6.07, 6.45) is 8.33. The quantitative estimate of drug-likeness (QED) is 0.868. The van der Waals surface area contributed by atoms with Crippen molar-refractivity contribution in [1.29, 1.82) is 0 Å². The first-order chi connectivity index (χ1) is 10.2. The van der Waals surface area contributed by atoms with Gasteiger partial charge >= 0.3 is 0 Å². The van der Waals surface area contributed by atoms with Gasteiger partial charge in [0.2, 0.25) is 0 Å². The monoisotopic (exact) mass is 289 g/mol. The van der Waals surface area contributed by atoms with Gasteiger partial charge in [0.05, 0.1) is 17.6 Å². The number of imidazole rings is 1. The molecule has 0 amide bonds. The third kappa shape index (κ3) is 3.82. The van der Waals surface area contributed by atoms with E-state index < -0.39 is 0 Å². The van der Waals surface area contributed by atoms with Crippen LogP contribution in [-0.4, -0.2) is 28.5 Å². The van der Waals surface area contributed by atoms with Gasteiger partial charge < -0.3 is 4.98 Å². The minimum absolute atomic E-state index is 0.220. The van der Waals surface area contributed by atoms with Crippen molar-refractivity contribution in [1.82, 2.24) is 14.9 Å². The summed E-state index contributed by atoms with van der Waals surface area (Å²) in [7, 11) is 2.13. The summed E-state index contributed by atoms with van der Waals surface area (Å²) in [5.41, 5.74) is 1.62. The molecule has 1 saturated carbocycles. The van der Waals surface area contributed by atoms with Crippen molar-refractivity contribution in [2.24, 2.45) is 5.92 Å². The minimum atomic E-state index is -0.220. The largest absolute Gasteiger partial charge is 0.341 e. The molecule has 1 aliphatic rings. The number of halogens is 1. The predicted molar refractivity (Wildman–Crippen MR) is 83.6 cm³/mol. The van der Waals surface area contributed by atoms with Gasteiger partial charge in [-0.05, 0) is 50.6 Å². The zero-order valence-corrected chi connectivity index (χ0v) is 12.7. The summed E-state index contributed by atoms with van der Waals surface area (Å²) in [6, 6.07) is 4.69. The van der Waals surface area contributed by atoms with Crippen LogP contribution in [0.5, 0.6) is 0 Å². The number of nitrogens with one attached hydrogen (secondary N) is 1. The minimum Gasteiger partial charge on any atom is -0.341 e. The van der Waals surface area contributed by atoms with Gasteiger partial charge in [-0.3, -0.25) is 4.90 Å².